The molecule has 1 saturated carbocycles. The number of benzene rings is 1. The Balaban J connectivity index is 1.84. The van der Waals surface area contributed by atoms with Crippen molar-refractivity contribution in [1.82, 2.24) is 5.32 Å². The molecule has 0 radical (unpaired) electrons. The number of nitrogens with zero attached hydrogens (tertiary/aromatic N) is 1. The number of nitriles is 1. The average Bonchev–Trinajstić information content (AvgIpc) is 3.19. The van der Waals surface area contributed by atoms with Crippen LogP contribution in [0.4, 0.5) is 5.69 Å². The summed E-state index contributed by atoms with van der Waals surface area (Å²) in [5.41, 5.74) is 1.12. The van der Waals surface area contributed by atoms with Gasteiger partial charge in [0.05, 0.1) is 28.9 Å². The van der Waals surface area contributed by atoms with Crippen LogP contribution in [0.2, 0.25) is 5.02 Å². The second kappa shape index (κ2) is 5.74. The van der Waals surface area contributed by atoms with E-state index in [0.717, 1.165) is 6.54 Å². The normalized spacial score (nSPS) is 13.8. The number of hydrogen-bond acceptors (Lipinski definition) is 3. The van der Waals surface area contributed by atoms with Crippen LogP contribution in [-0.4, -0.2) is 19.0 Å². The first-order valence-electron chi connectivity index (χ1n) is 5.89. The molecule has 1 aliphatic rings. The molecule has 2 N–H and O–H groups in total. The Kier molecular flexibility index (Phi) is 4.06. The third-order valence-corrected chi connectivity index (χ3v) is 3.15. The molecule has 94 valence electrons. The molecule has 1 aliphatic carbocycles. The molecule has 5 heteroatoms. The lowest BCUT2D eigenvalue weighted by Gasteiger charge is -2.09. The van der Waals surface area contributed by atoms with Gasteiger partial charge in [-0.25, -0.2) is 0 Å². The van der Waals surface area contributed by atoms with E-state index in [-0.39, 0.29) is 12.5 Å². The van der Waals surface area contributed by atoms with E-state index in [1.165, 1.54) is 12.8 Å². The van der Waals surface area contributed by atoms with E-state index < -0.39 is 0 Å². The molecule has 0 atom stereocenters. The van der Waals surface area contributed by atoms with Crippen LogP contribution in [0, 0.1) is 17.2 Å². The zero-order valence-electron chi connectivity index (χ0n) is 9.87. The van der Waals surface area contributed by atoms with E-state index in [0.29, 0.717) is 22.2 Å². The van der Waals surface area contributed by atoms with Crippen molar-refractivity contribution in [2.24, 2.45) is 5.92 Å². The smallest absolute Gasteiger partial charge is 0.239 e. The first-order chi connectivity index (χ1) is 8.69. The van der Waals surface area contributed by atoms with Crippen LogP contribution in [0.25, 0.3) is 0 Å². The molecule has 2 rings (SSSR count). The number of amides is 1. The monoisotopic (exact) mass is 263 g/mol. The molecule has 0 aliphatic heterocycles. The fourth-order valence-electron chi connectivity index (χ4n) is 1.55. The maximum Gasteiger partial charge on any atom is 0.239 e. The van der Waals surface area contributed by atoms with E-state index in [1.807, 2.05) is 6.07 Å². The highest BCUT2D eigenvalue weighted by Crippen LogP contribution is 2.27. The summed E-state index contributed by atoms with van der Waals surface area (Å²) < 4.78 is 0. The summed E-state index contributed by atoms with van der Waals surface area (Å²) in [6, 6.07) is 6.95. The van der Waals surface area contributed by atoms with Crippen molar-refractivity contribution in [3.8, 4) is 6.07 Å². The molecule has 18 heavy (non-hydrogen) atoms. The first kappa shape index (κ1) is 12.7. The number of halogens is 1. The standard InChI is InChI=1S/C13H14ClN3O/c14-11-4-3-10(6-15)5-12(11)16-8-13(18)17-7-9-1-2-9/h3-5,9,16H,1-2,7-8H2,(H,17,18). The molecule has 1 fully saturated rings. The molecular weight excluding hydrogens is 250 g/mol. The predicted molar refractivity (Wildman–Crippen MR) is 70.4 cm³/mol. The molecule has 0 saturated heterocycles. The summed E-state index contributed by atoms with van der Waals surface area (Å²) in [4.78, 5) is 11.5. The summed E-state index contributed by atoms with van der Waals surface area (Å²) >= 11 is 5.97. The lowest BCUT2D eigenvalue weighted by atomic mass is 10.2. The second-order valence-electron chi connectivity index (χ2n) is 4.41. The second-order valence-corrected chi connectivity index (χ2v) is 4.81. The number of hydrogen-bond donors (Lipinski definition) is 2. The van der Waals surface area contributed by atoms with Crippen LogP contribution in [0.1, 0.15) is 18.4 Å². The van der Waals surface area contributed by atoms with E-state index in [9.17, 15) is 4.79 Å². The van der Waals surface area contributed by atoms with Crippen molar-refractivity contribution in [3.05, 3.63) is 28.8 Å². The molecule has 0 aromatic heterocycles. The Morgan fingerprint density at radius 2 is 2.28 bits per heavy atom. The Morgan fingerprint density at radius 1 is 1.50 bits per heavy atom. The van der Waals surface area contributed by atoms with E-state index in [1.54, 1.807) is 18.2 Å². The van der Waals surface area contributed by atoms with E-state index >= 15 is 0 Å². The molecule has 1 aromatic carbocycles. The number of carbonyl (C=O) groups excluding carboxylic acids is 1. The highest BCUT2D eigenvalue weighted by molar-refractivity contribution is 6.33. The van der Waals surface area contributed by atoms with Gasteiger partial charge in [-0.2, -0.15) is 5.26 Å². The van der Waals surface area contributed by atoms with Gasteiger partial charge in [0.25, 0.3) is 0 Å². The molecular formula is C13H14ClN3O. The maximum atomic E-state index is 11.5. The Labute approximate surface area is 111 Å². The van der Waals surface area contributed by atoms with Crippen molar-refractivity contribution in [2.45, 2.75) is 12.8 Å². The molecule has 0 heterocycles. The fourth-order valence-corrected chi connectivity index (χ4v) is 1.73. The van der Waals surface area contributed by atoms with Gasteiger partial charge in [-0.1, -0.05) is 11.6 Å². The maximum absolute atomic E-state index is 11.5. The van der Waals surface area contributed by atoms with Gasteiger partial charge in [-0.05, 0) is 37.0 Å². The number of rotatable bonds is 5. The molecule has 0 unspecified atom stereocenters. The molecule has 0 bridgehead atoms. The molecule has 1 amide bonds. The van der Waals surface area contributed by atoms with Crippen LogP contribution in [0.15, 0.2) is 18.2 Å². The molecule has 0 spiro atoms. The van der Waals surface area contributed by atoms with Gasteiger partial charge >= 0.3 is 0 Å². The van der Waals surface area contributed by atoms with E-state index in [4.69, 9.17) is 16.9 Å². The number of carbonyl (C=O) groups is 1. The third kappa shape index (κ3) is 3.64. The predicted octanol–water partition coefficient (Wildman–Crippen LogP) is 2.15. The summed E-state index contributed by atoms with van der Waals surface area (Å²) in [6.45, 7) is 0.924. The Bertz CT molecular complexity index is 491. The van der Waals surface area contributed by atoms with Crippen molar-refractivity contribution < 1.29 is 4.79 Å². The lowest BCUT2D eigenvalue weighted by molar-refractivity contribution is -0.119. The van der Waals surface area contributed by atoms with Crippen LogP contribution < -0.4 is 10.6 Å². The SMILES string of the molecule is N#Cc1ccc(Cl)c(NCC(=O)NCC2CC2)c1. The topological polar surface area (TPSA) is 64.9 Å². The molecule has 1 aromatic rings. The zero-order valence-corrected chi connectivity index (χ0v) is 10.6. The van der Waals surface area contributed by atoms with Crippen LogP contribution in [-0.2, 0) is 4.79 Å². The van der Waals surface area contributed by atoms with Crippen LogP contribution in [0.3, 0.4) is 0 Å². The van der Waals surface area contributed by atoms with Gasteiger partial charge in [-0.3, -0.25) is 4.79 Å². The summed E-state index contributed by atoms with van der Waals surface area (Å²) in [5.74, 6) is 0.611. The number of nitrogens with one attached hydrogen (secondary N) is 2. The van der Waals surface area contributed by atoms with Crippen molar-refractivity contribution in [1.29, 1.82) is 5.26 Å². The summed E-state index contributed by atoms with van der Waals surface area (Å²) in [5, 5.41) is 15.1. The third-order valence-electron chi connectivity index (χ3n) is 2.82. The van der Waals surface area contributed by atoms with Crippen molar-refractivity contribution >= 4 is 23.2 Å². The quantitative estimate of drug-likeness (QED) is 0.856. The minimum Gasteiger partial charge on any atom is -0.375 e. The van der Waals surface area contributed by atoms with Crippen LogP contribution in [0.5, 0.6) is 0 Å². The van der Waals surface area contributed by atoms with Crippen LogP contribution >= 0.6 is 11.6 Å². The first-order valence-corrected chi connectivity index (χ1v) is 6.27. The average molecular weight is 264 g/mol. The minimum atomic E-state index is -0.0553. The highest BCUT2D eigenvalue weighted by atomic mass is 35.5. The highest BCUT2D eigenvalue weighted by Gasteiger charge is 2.21. The largest absolute Gasteiger partial charge is 0.375 e. The lowest BCUT2D eigenvalue weighted by Crippen LogP contribution is -2.31. The van der Waals surface area contributed by atoms with Gasteiger partial charge in [-0.15, -0.1) is 0 Å². The minimum absolute atomic E-state index is 0.0553. The molecule has 4 nitrogen and oxygen atoms in total. The Morgan fingerprint density at radius 3 is 2.94 bits per heavy atom. The zero-order chi connectivity index (χ0) is 13.0. The summed E-state index contributed by atoms with van der Waals surface area (Å²) in [7, 11) is 0. The van der Waals surface area contributed by atoms with Gasteiger partial charge in [0, 0.05) is 6.54 Å². The van der Waals surface area contributed by atoms with Crippen molar-refractivity contribution in [2.75, 3.05) is 18.4 Å². The van der Waals surface area contributed by atoms with Gasteiger partial charge < -0.3 is 10.6 Å². The van der Waals surface area contributed by atoms with Gasteiger partial charge in [0.1, 0.15) is 0 Å². The van der Waals surface area contributed by atoms with Crippen molar-refractivity contribution in [3.63, 3.8) is 0 Å². The van der Waals surface area contributed by atoms with Gasteiger partial charge in [0.15, 0.2) is 0 Å². The van der Waals surface area contributed by atoms with E-state index in [2.05, 4.69) is 10.6 Å². The Hall–Kier alpha value is -1.73. The fraction of sp³-hybridized carbons (Fsp3) is 0.385. The van der Waals surface area contributed by atoms with Gasteiger partial charge in [0.2, 0.25) is 5.91 Å². The summed E-state index contributed by atoms with van der Waals surface area (Å²) in [6.07, 6.45) is 2.42. The number of anilines is 1.